The van der Waals surface area contributed by atoms with Crippen molar-refractivity contribution in [2.45, 2.75) is 18.9 Å². The fourth-order valence-corrected chi connectivity index (χ4v) is 2.42. The van der Waals surface area contributed by atoms with Crippen LogP contribution in [0.1, 0.15) is 12.0 Å². The van der Waals surface area contributed by atoms with Crippen LogP contribution in [0, 0.1) is 0 Å². The zero-order chi connectivity index (χ0) is 10.2. The summed E-state index contributed by atoms with van der Waals surface area (Å²) in [5, 5.41) is 9.34. The van der Waals surface area contributed by atoms with Gasteiger partial charge in [0, 0.05) is 12.0 Å². The number of hydrogen-bond acceptors (Lipinski definition) is 1. The minimum absolute atomic E-state index is 0.279. The average Bonchev–Trinajstić information content (AvgIpc) is 2.18. The van der Waals surface area contributed by atoms with E-state index in [1.807, 2.05) is 0 Å². The van der Waals surface area contributed by atoms with Crippen molar-refractivity contribution in [3.05, 3.63) is 29.8 Å². The molecule has 0 amide bonds. The lowest BCUT2D eigenvalue weighted by molar-refractivity contribution is 0.155. The van der Waals surface area contributed by atoms with Crippen molar-refractivity contribution >= 4 is 5.69 Å². The first-order valence-corrected chi connectivity index (χ1v) is 5.19. The summed E-state index contributed by atoms with van der Waals surface area (Å²) in [5.74, 6) is 0. The van der Waals surface area contributed by atoms with Gasteiger partial charge in [0.25, 0.3) is 0 Å². The molecule has 1 aromatic carbocycles. The van der Waals surface area contributed by atoms with Crippen molar-refractivity contribution in [3.8, 4) is 0 Å². The third kappa shape index (κ3) is 1.35. The molecule has 0 aliphatic carbocycles. The number of aliphatic hydroxyl groups excluding tert-OH is 1. The Morgan fingerprint density at radius 1 is 1.36 bits per heavy atom. The third-order valence-corrected chi connectivity index (χ3v) is 3.48. The third-order valence-electron chi connectivity index (χ3n) is 3.48. The van der Waals surface area contributed by atoms with Crippen LogP contribution in [-0.2, 0) is 6.42 Å². The van der Waals surface area contributed by atoms with Crippen LogP contribution in [0.2, 0.25) is 0 Å². The first kappa shape index (κ1) is 9.69. The SMILES string of the molecule is C[N+]1(C)c2ccccc2CCC1CO. The Hall–Kier alpha value is -0.860. The minimum Gasteiger partial charge on any atom is -0.390 e. The van der Waals surface area contributed by atoms with Crippen LogP contribution < -0.4 is 4.48 Å². The van der Waals surface area contributed by atoms with Crippen LogP contribution >= 0.6 is 0 Å². The summed E-state index contributed by atoms with van der Waals surface area (Å²) < 4.78 is 0.812. The number of rotatable bonds is 1. The molecule has 14 heavy (non-hydrogen) atoms. The Morgan fingerprint density at radius 3 is 2.79 bits per heavy atom. The van der Waals surface area contributed by atoms with Gasteiger partial charge < -0.3 is 5.11 Å². The number of para-hydroxylation sites is 1. The quantitative estimate of drug-likeness (QED) is 0.669. The van der Waals surface area contributed by atoms with Crippen molar-refractivity contribution < 1.29 is 5.11 Å². The first-order valence-electron chi connectivity index (χ1n) is 5.19. The van der Waals surface area contributed by atoms with Gasteiger partial charge in [-0.05, 0) is 12.5 Å². The predicted molar refractivity (Wildman–Crippen MR) is 59.3 cm³/mol. The molecule has 1 aromatic rings. The van der Waals surface area contributed by atoms with Gasteiger partial charge in [0.05, 0.1) is 20.7 Å². The lowest BCUT2D eigenvalue weighted by Crippen LogP contribution is -2.54. The highest BCUT2D eigenvalue weighted by atomic mass is 16.3. The van der Waals surface area contributed by atoms with E-state index in [1.54, 1.807) is 0 Å². The molecule has 1 unspecified atom stereocenters. The van der Waals surface area contributed by atoms with E-state index in [0.29, 0.717) is 6.04 Å². The van der Waals surface area contributed by atoms with Crippen molar-refractivity contribution in [2.75, 3.05) is 20.7 Å². The molecular formula is C12H18NO+. The molecule has 1 atom stereocenters. The normalized spacial score (nSPS) is 24.4. The van der Waals surface area contributed by atoms with Crippen molar-refractivity contribution in [3.63, 3.8) is 0 Å². The first-order chi connectivity index (χ1) is 6.66. The molecule has 0 aromatic heterocycles. The average molecular weight is 192 g/mol. The van der Waals surface area contributed by atoms with Crippen LogP contribution in [-0.4, -0.2) is 31.9 Å². The smallest absolute Gasteiger partial charge is 0.135 e. The predicted octanol–water partition coefficient (Wildman–Crippen LogP) is 1.56. The number of nitrogens with zero attached hydrogens (tertiary/aromatic N) is 1. The maximum absolute atomic E-state index is 9.34. The largest absolute Gasteiger partial charge is 0.390 e. The molecule has 1 heterocycles. The van der Waals surface area contributed by atoms with Gasteiger partial charge in [-0.3, -0.25) is 4.48 Å². The van der Waals surface area contributed by atoms with E-state index >= 15 is 0 Å². The molecule has 0 bridgehead atoms. The molecular weight excluding hydrogens is 174 g/mol. The highest BCUT2D eigenvalue weighted by molar-refractivity contribution is 5.52. The van der Waals surface area contributed by atoms with E-state index in [9.17, 15) is 5.11 Å². The van der Waals surface area contributed by atoms with Gasteiger partial charge in [0.15, 0.2) is 0 Å². The Kier molecular flexibility index (Phi) is 2.33. The number of hydrogen-bond donors (Lipinski definition) is 1. The van der Waals surface area contributed by atoms with Gasteiger partial charge in [0.1, 0.15) is 11.7 Å². The summed E-state index contributed by atoms with van der Waals surface area (Å²) in [6.07, 6.45) is 2.18. The highest BCUT2D eigenvalue weighted by Gasteiger charge is 2.35. The van der Waals surface area contributed by atoms with Crippen LogP contribution in [0.3, 0.4) is 0 Å². The maximum Gasteiger partial charge on any atom is 0.135 e. The van der Waals surface area contributed by atoms with Crippen LogP contribution in [0.4, 0.5) is 5.69 Å². The van der Waals surface area contributed by atoms with Crippen LogP contribution in [0.25, 0.3) is 0 Å². The number of likely N-dealkylation sites (N-methyl/N-ethyl adjacent to an activating group) is 1. The second-order valence-electron chi connectivity index (χ2n) is 4.54. The maximum atomic E-state index is 9.34. The summed E-state index contributed by atoms with van der Waals surface area (Å²) in [7, 11) is 4.36. The molecule has 0 saturated carbocycles. The van der Waals surface area contributed by atoms with Crippen molar-refractivity contribution in [1.29, 1.82) is 0 Å². The fourth-order valence-electron chi connectivity index (χ4n) is 2.42. The molecule has 1 aliphatic heterocycles. The minimum atomic E-state index is 0.279. The summed E-state index contributed by atoms with van der Waals surface area (Å²) in [6.45, 7) is 0.279. The second-order valence-corrected chi connectivity index (χ2v) is 4.54. The fraction of sp³-hybridized carbons (Fsp3) is 0.500. The second kappa shape index (κ2) is 3.37. The van der Waals surface area contributed by atoms with Gasteiger partial charge >= 0.3 is 0 Å². The monoisotopic (exact) mass is 192 g/mol. The van der Waals surface area contributed by atoms with Crippen molar-refractivity contribution in [1.82, 2.24) is 4.48 Å². The molecule has 0 fully saturated rings. The lowest BCUT2D eigenvalue weighted by atomic mass is 9.94. The molecule has 0 radical (unpaired) electrons. The Bertz CT molecular complexity index is 333. The van der Waals surface area contributed by atoms with Gasteiger partial charge in [-0.2, -0.15) is 0 Å². The summed E-state index contributed by atoms with van der Waals surface area (Å²) in [4.78, 5) is 0. The van der Waals surface area contributed by atoms with Crippen LogP contribution in [0.15, 0.2) is 24.3 Å². The molecule has 2 heteroatoms. The summed E-state index contributed by atoms with van der Waals surface area (Å²) in [6, 6.07) is 8.90. The van der Waals surface area contributed by atoms with E-state index in [-0.39, 0.29) is 6.61 Å². The van der Waals surface area contributed by atoms with Crippen LogP contribution in [0.5, 0.6) is 0 Å². The molecule has 76 valence electrons. The zero-order valence-corrected chi connectivity index (χ0v) is 8.90. The van der Waals surface area contributed by atoms with Gasteiger partial charge in [-0.15, -0.1) is 0 Å². The molecule has 2 nitrogen and oxygen atoms in total. The molecule has 0 saturated heterocycles. The summed E-state index contributed by atoms with van der Waals surface area (Å²) in [5.41, 5.74) is 2.79. The summed E-state index contributed by atoms with van der Waals surface area (Å²) >= 11 is 0. The Morgan fingerprint density at radius 2 is 2.07 bits per heavy atom. The van der Waals surface area contributed by atoms with Crippen molar-refractivity contribution in [2.24, 2.45) is 0 Å². The molecule has 2 rings (SSSR count). The number of aryl methyl sites for hydroxylation is 1. The molecule has 0 spiro atoms. The van der Waals surface area contributed by atoms with E-state index in [4.69, 9.17) is 0 Å². The number of aliphatic hydroxyl groups is 1. The number of fused-ring (bicyclic) bond motifs is 1. The van der Waals surface area contributed by atoms with E-state index in [2.05, 4.69) is 38.4 Å². The van der Waals surface area contributed by atoms with E-state index in [1.165, 1.54) is 11.3 Å². The molecule has 1 N–H and O–H groups in total. The van der Waals surface area contributed by atoms with Gasteiger partial charge in [-0.1, -0.05) is 18.2 Å². The highest BCUT2D eigenvalue weighted by Crippen LogP contribution is 2.33. The standard InChI is InChI=1S/C12H18NO/c1-13(2)11(9-14)8-7-10-5-3-4-6-12(10)13/h3-6,11,14H,7-9H2,1-2H3/q+1. The van der Waals surface area contributed by atoms with Gasteiger partial charge in [0.2, 0.25) is 0 Å². The van der Waals surface area contributed by atoms with Gasteiger partial charge in [-0.25, -0.2) is 0 Å². The molecule has 1 aliphatic rings. The lowest BCUT2D eigenvalue weighted by Gasteiger charge is -2.41. The topological polar surface area (TPSA) is 20.2 Å². The zero-order valence-electron chi connectivity index (χ0n) is 8.90. The van der Waals surface area contributed by atoms with E-state index < -0.39 is 0 Å². The Balaban J connectivity index is 2.46. The number of quaternary nitrogens is 1. The van der Waals surface area contributed by atoms with E-state index in [0.717, 1.165) is 17.3 Å². The Labute approximate surface area is 85.4 Å². The number of benzene rings is 1.